The topological polar surface area (TPSA) is 78.9 Å². The van der Waals surface area contributed by atoms with Gasteiger partial charge in [-0.3, -0.25) is 14.4 Å². The SMILES string of the molecule is CC/C=C\C/C=C\C/C=C\C/C=C\C/C=C\C/C=C\C/C=C\CCCC(=O)OC(COC(=O)CCCCCCC)COC(=O)CCCCCCCCCCCCCCCCCCCCC/C=C\C/C=C\C/C=C\C/C=C\C/C=C\CC. The molecule has 0 aromatic carbocycles. The van der Waals surface area contributed by atoms with Crippen LogP contribution in [0.15, 0.2) is 146 Å². The molecule has 81 heavy (non-hydrogen) atoms. The molecule has 0 spiro atoms. The molecule has 1 atom stereocenters. The van der Waals surface area contributed by atoms with Gasteiger partial charge in [-0.1, -0.05) is 301 Å². The highest BCUT2D eigenvalue weighted by Gasteiger charge is 2.19. The molecule has 0 aromatic heterocycles. The number of unbranched alkanes of at least 4 members (excludes halogenated alkanes) is 24. The van der Waals surface area contributed by atoms with E-state index >= 15 is 0 Å². The molecule has 1 unspecified atom stereocenters. The lowest BCUT2D eigenvalue weighted by Gasteiger charge is -2.18. The van der Waals surface area contributed by atoms with Crippen LogP contribution in [0.5, 0.6) is 0 Å². The van der Waals surface area contributed by atoms with Crippen LogP contribution in [0.1, 0.15) is 290 Å². The fourth-order valence-corrected chi connectivity index (χ4v) is 8.93. The van der Waals surface area contributed by atoms with E-state index in [2.05, 4.69) is 167 Å². The molecule has 0 amide bonds. The second kappa shape index (κ2) is 67.8. The van der Waals surface area contributed by atoms with E-state index in [0.717, 1.165) is 135 Å². The van der Waals surface area contributed by atoms with Gasteiger partial charge in [-0.05, 0) is 116 Å². The first kappa shape index (κ1) is 76.3. The van der Waals surface area contributed by atoms with Crippen molar-refractivity contribution in [2.75, 3.05) is 13.2 Å². The lowest BCUT2D eigenvalue weighted by Crippen LogP contribution is -2.30. The zero-order valence-electron chi connectivity index (χ0n) is 52.5. The highest BCUT2D eigenvalue weighted by atomic mass is 16.6. The third kappa shape index (κ3) is 66.0. The summed E-state index contributed by atoms with van der Waals surface area (Å²) in [6.07, 6.45) is 97.9. The van der Waals surface area contributed by atoms with Gasteiger partial charge in [0.15, 0.2) is 6.10 Å². The lowest BCUT2D eigenvalue weighted by atomic mass is 10.0. The molecular formula is C75H122O6. The van der Waals surface area contributed by atoms with Gasteiger partial charge in [-0.15, -0.1) is 0 Å². The summed E-state index contributed by atoms with van der Waals surface area (Å²) in [6.45, 7) is 6.29. The van der Waals surface area contributed by atoms with Gasteiger partial charge in [0.2, 0.25) is 0 Å². The van der Waals surface area contributed by atoms with Gasteiger partial charge in [-0.2, -0.15) is 0 Å². The zero-order valence-corrected chi connectivity index (χ0v) is 52.5. The molecule has 0 rings (SSSR count). The van der Waals surface area contributed by atoms with E-state index in [1.165, 1.54) is 109 Å². The van der Waals surface area contributed by atoms with Gasteiger partial charge in [-0.25, -0.2) is 0 Å². The number of esters is 3. The van der Waals surface area contributed by atoms with Crippen LogP contribution in [0.3, 0.4) is 0 Å². The number of hydrogen-bond donors (Lipinski definition) is 0. The third-order valence-corrected chi connectivity index (χ3v) is 13.8. The van der Waals surface area contributed by atoms with Gasteiger partial charge in [0, 0.05) is 19.3 Å². The Morgan fingerprint density at radius 2 is 0.494 bits per heavy atom. The molecule has 0 N–H and O–H groups in total. The number of hydrogen-bond acceptors (Lipinski definition) is 6. The summed E-state index contributed by atoms with van der Waals surface area (Å²) in [4.78, 5) is 37.9. The minimum Gasteiger partial charge on any atom is -0.462 e. The van der Waals surface area contributed by atoms with Crippen molar-refractivity contribution < 1.29 is 28.6 Å². The Morgan fingerprint density at radius 3 is 0.790 bits per heavy atom. The Kier molecular flexibility index (Phi) is 63.9. The number of carbonyl (C=O) groups excluding carboxylic acids is 3. The van der Waals surface area contributed by atoms with E-state index in [1.807, 2.05) is 0 Å². The van der Waals surface area contributed by atoms with E-state index in [9.17, 15) is 14.4 Å². The van der Waals surface area contributed by atoms with Gasteiger partial charge >= 0.3 is 17.9 Å². The Balaban J connectivity index is 4.04. The molecule has 6 nitrogen and oxygen atoms in total. The summed E-state index contributed by atoms with van der Waals surface area (Å²) in [5.74, 6) is -0.975. The van der Waals surface area contributed by atoms with E-state index in [4.69, 9.17) is 14.2 Å². The Morgan fingerprint density at radius 1 is 0.259 bits per heavy atom. The van der Waals surface area contributed by atoms with Gasteiger partial charge < -0.3 is 14.2 Å². The molecule has 6 heteroatoms. The first-order valence-corrected chi connectivity index (χ1v) is 33.3. The summed E-state index contributed by atoms with van der Waals surface area (Å²) in [5, 5.41) is 0. The number of rotatable bonds is 59. The maximum absolute atomic E-state index is 12.8. The average molecular weight is 1120 g/mol. The molecule has 0 aliphatic rings. The predicted octanol–water partition coefficient (Wildman–Crippen LogP) is 23.1. The maximum atomic E-state index is 12.8. The van der Waals surface area contributed by atoms with Crippen LogP contribution >= 0.6 is 0 Å². The van der Waals surface area contributed by atoms with Gasteiger partial charge in [0.25, 0.3) is 0 Å². The van der Waals surface area contributed by atoms with Crippen molar-refractivity contribution in [3.63, 3.8) is 0 Å². The van der Waals surface area contributed by atoms with Crippen LogP contribution in [0.25, 0.3) is 0 Å². The Bertz CT molecular complexity index is 1760. The van der Waals surface area contributed by atoms with Crippen LogP contribution in [0, 0.1) is 0 Å². The van der Waals surface area contributed by atoms with Crippen molar-refractivity contribution in [3.8, 4) is 0 Å². The summed E-state index contributed by atoms with van der Waals surface area (Å²) < 4.78 is 16.7. The number of carbonyl (C=O) groups is 3. The predicted molar refractivity (Wildman–Crippen MR) is 352 cm³/mol. The normalized spacial score (nSPS) is 13.1. The number of allylic oxidation sites excluding steroid dienone is 24. The largest absolute Gasteiger partial charge is 0.462 e. The van der Waals surface area contributed by atoms with Crippen LogP contribution < -0.4 is 0 Å². The number of ether oxygens (including phenoxy) is 3. The smallest absolute Gasteiger partial charge is 0.306 e. The summed E-state index contributed by atoms with van der Waals surface area (Å²) in [6, 6.07) is 0. The molecule has 0 aliphatic heterocycles. The van der Waals surface area contributed by atoms with E-state index in [1.54, 1.807) is 0 Å². The molecule has 0 saturated heterocycles. The van der Waals surface area contributed by atoms with Crippen molar-refractivity contribution in [3.05, 3.63) is 146 Å². The second-order valence-corrected chi connectivity index (χ2v) is 21.6. The van der Waals surface area contributed by atoms with Crippen LogP contribution in [-0.2, 0) is 28.6 Å². The molecular weight excluding hydrogens is 997 g/mol. The highest BCUT2D eigenvalue weighted by molar-refractivity contribution is 5.71. The molecule has 0 radical (unpaired) electrons. The summed E-state index contributed by atoms with van der Waals surface area (Å²) in [5.41, 5.74) is 0. The molecule has 0 aliphatic carbocycles. The minimum absolute atomic E-state index is 0.103. The second-order valence-electron chi connectivity index (χ2n) is 21.6. The van der Waals surface area contributed by atoms with Crippen molar-refractivity contribution in [1.82, 2.24) is 0 Å². The molecule has 458 valence electrons. The Hall–Kier alpha value is -4.71. The van der Waals surface area contributed by atoms with Gasteiger partial charge in [0.1, 0.15) is 13.2 Å². The van der Waals surface area contributed by atoms with Crippen molar-refractivity contribution in [1.29, 1.82) is 0 Å². The van der Waals surface area contributed by atoms with Crippen LogP contribution in [0.2, 0.25) is 0 Å². The van der Waals surface area contributed by atoms with Gasteiger partial charge in [0.05, 0.1) is 0 Å². The molecule has 0 bridgehead atoms. The maximum Gasteiger partial charge on any atom is 0.306 e. The monoisotopic (exact) mass is 1120 g/mol. The summed E-state index contributed by atoms with van der Waals surface area (Å²) in [7, 11) is 0. The fraction of sp³-hybridized carbons (Fsp3) is 0.640. The molecule has 0 fully saturated rings. The molecule has 0 heterocycles. The van der Waals surface area contributed by atoms with Crippen molar-refractivity contribution >= 4 is 17.9 Å². The van der Waals surface area contributed by atoms with Crippen LogP contribution in [0.4, 0.5) is 0 Å². The highest BCUT2D eigenvalue weighted by Crippen LogP contribution is 2.16. The van der Waals surface area contributed by atoms with Crippen LogP contribution in [-0.4, -0.2) is 37.2 Å². The summed E-state index contributed by atoms with van der Waals surface area (Å²) >= 11 is 0. The average Bonchev–Trinajstić information content (AvgIpc) is 3.47. The fourth-order valence-electron chi connectivity index (χ4n) is 8.93. The van der Waals surface area contributed by atoms with E-state index in [0.29, 0.717) is 19.3 Å². The molecule has 0 aromatic rings. The standard InChI is InChI=1S/C75H122O6/c1-4-7-10-13-15-17-19-21-23-25-27-29-31-32-33-34-35-36-37-38-39-40-41-42-44-45-47-49-51-53-55-57-59-62-65-68-74(77)80-71-72(70-79-73(76)67-64-61-12-9-6-3)81-75(78)69-66-63-60-58-56-54-52-50-48-46-43-30-28-26-24-22-20-18-16-14-11-8-5-2/h7-8,10-11,15-18,21-24,27-30,32-33,46,48,52,54,58,60,72H,4-6,9,12-14,19-20,25-26,31,34-45,47,49-51,53,55-57,59,61-71H2,1-3H3/b10-7-,11-8-,17-15-,18-16-,23-21-,24-22-,29-27-,30-28-,33-32-,48-46-,54-52-,60-58-. The third-order valence-electron chi connectivity index (χ3n) is 13.8. The van der Waals surface area contributed by atoms with E-state index < -0.39 is 6.10 Å². The van der Waals surface area contributed by atoms with Crippen molar-refractivity contribution in [2.24, 2.45) is 0 Å². The zero-order chi connectivity index (χ0) is 58.5. The van der Waals surface area contributed by atoms with E-state index in [-0.39, 0.29) is 37.5 Å². The quantitative estimate of drug-likeness (QED) is 0.0261. The first-order chi connectivity index (χ1) is 40.0. The minimum atomic E-state index is -0.809. The Labute approximate surface area is 499 Å². The first-order valence-electron chi connectivity index (χ1n) is 33.3. The molecule has 0 saturated carbocycles. The van der Waals surface area contributed by atoms with Crippen molar-refractivity contribution in [2.45, 2.75) is 297 Å². The lowest BCUT2D eigenvalue weighted by molar-refractivity contribution is -0.167.